The minimum absolute atomic E-state index is 0.226. The van der Waals surface area contributed by atoms with Crippen LogP contribution in [0.1, 0.15) is 73.6 Å². The second kappa shape index (κ2) is 13.3. The lowest BCUT2D eigenvalue weighted by Crippen LogP contribution is -2.40. The molecule has 0 aliphatic carbocycles. The van der Waals surface area contributed by atoms with E-state index < -0.39 is 0 Å². The van der Waals surface area contributed by atoms with Crippen molar-refractivity contribution in [3.05, 3.63) is 70.9 Å². The maximum atomic E-state index is 10.3. The molecule has 0 bridgehead atoms. The smallest absolute Gasteiger partial charge is 0.241 e. The molecular formula is C38H44NO6+. The second-order valence-corrected chi connectivity index (χ2v) is 12.2. The van der Waals surface area contributed by atoms with Gasteiger partial charge in [-0.2, -0.15) is 4.57 Å². The van der Waals surface area contributed by atoms with E-state index in [0.29, 0.717) is 5.56 Å². The van der Waals surface area contributed by atoms with Gasteiger partial charge in [0.1, 0.15) is 11.5 Å². The Morgan fingerprint density at radius 3 is 2.42 bits per heavy atom. The van der Waals surface area contributed by atoms with E-state index in [1.54, 1.807) is 20.3 Å². The summed E-state index contributed by atoms with van der Waals surface area (Å²) in [6, 6.07) is 12.2. The molecule has 0 spiro atoms. The average Bonchev–Trinajstić information content (AvgIpc) is 3.45. The lowest BCUT2D eigenvalue weighted by Gasteiger charge is -2.17. The third kappa shape index (κ3) is 6.26. The summed E-state index contributed by atoms with van der Waals surface area (Å²) < 4.78 is 26.0. The number of nitrogens with zero attached hydrogens (tertiary/aromatic N) is 1. The molecule has 4 aromatic rings. The first kappa shape index (κ1) is 30.6. The predicted octanol–water partition coefficient (Wildman–Crippen LogP) is 8.33. The van der Waals surface area contributed by atoms with Crippen LogP contribution in [0.15, 0.2) is 48.7 Å². The van der Waals surface area contributed by atoms with E-state index in [1.807, 2.05) is 26.0 Å². The van der Waals surface area contributed by atoms with Crippen LogP contribution in [0.25, 0.3) is 28.1 Å². The number of aromatic nitrogens is 1. The Morgan fingerprint density at radius 1 is 0.889 bits per heavy atom. The molecule has 1 atom stereocenters. The second-order valence-electron chi connectivity index (χ2n) is 12.2. The van der Waals surface area contributed by atoms with Gasteiger partial charge in [-0.15, -0.1) is 0 Å². The quantitative estimate of drug-likeness (QED) is 0.0954. The number of fused-ring (bicyclic) bond motifs is 5. The number of hydrogen-bond acceptors (Lipinski definition) is 6. The number of pyridine rings is 1. The first-order valence-corrected chi connectivity index (χ1v) is 16.2. The number of methoxy groups -OCH3 is 2. The highest BCUT2D eigenvalue weighted by atomic mass is 16.7. The van der Waals surface area contributed by atoms with Crippen LogP contribution in [-0.2, 0) is 13.0 Å². The molecule has 0 fully saturated rings. The maximum absolute atomic E-state index is 10.3. The topological polar surface area (TPSA) is 81.3 Å². The van der Waals surface area contributed by atoms with Crippen molar-refractivity contribution < 1.29 is 33.7 Å². The summed E-state index contributed by atoms with van der Waals surface area (Å²) in [4.78, 5) is 0. The summed E-state index contributed by atoms with van der Waals surface area (Å²) >= 11 is 0. The summed E-state index contributed by atoms with van der Waals surface area (Å²) in [5.74, 6) is 3.66. The van der Waals surface area contributed by atoms with E-state index in [-0.39, 0.29) is 17.8 Å². The number of unbranched alkanes of at least 4 members (excludes halogenated alkanes) is 6. The van der Waals surface area contributed by atoms with Crippen LogP contribution in [-0.4, -0.2) is 30.7 Å². The minimum Gasteiger partial charge on any atom is -0.508 e. The summed E-state index contributed by atoms with van der Waals surface area (Å²) in [5.41, 5.74) is 5.78. The Morgan fingerprint density at radius 2 is 1.64 bits per heavy atom. The van der Waals surface area contributed by atoms with Crippen LogP contribution in [0.4, 0.5) is 0 Å². The van der Waals surface area contributed by atoms with Gasteiger partial charge in [-0.1, -0.05) is 37.8 Å². The Hall–Kier alpha value is -4.39. The Labute approximate surface area is 265 Å². The fourth-order valence-corrected chi connectivity index (χ4v) is 6.52. The molecule has 6 rings (SSSR count). The fraction of sp³-hybridized carbons (Fsp3) is 0.395. The number of allylic oxidation sites excluding steroid dienone is 1. The Kier molecular flexibility index (Phi) is 9.06. The molecule has 2 aliphatic rings. The third-order valence-corrected chi connectivity index (χ3v) is 9.31. The molecule has 45 heavy (non-hydrogen) atoms. The van der Waals surface area contributed by atoms with Crippen molar-refractivity contribution in [2.75, 3.05) is 14.2 Å². The normalized spacial score (nSPS) is 15.0. The molecule has 0 amide bonds. The molecular weight excluding hydrogens is 566 g/mol. The van der Waals surface area contributed by atoms with Crippen LogP contribution in [0, 0.1) is 13.8 Å². The van der Waals surface area contributed by atoms with Gasteiger partial charge in [0.05, 0.1) is 25.2 Å². The number of ether oxygens (including phenoxy) is 4. The molecule has 0 radical (unpaired) electrons. The van der Waals surface area contributed by atoms with Crippen molar-refractivity contribution in [2.24, 2.45) is 0 Å². The van der Waals surface area contributed by atoms with Crippen molar-refractivity contribution in [3.8, 4) is 45.8 Å². The number of aryl methyl sites for hydroxylation is 2. The zero-order valence-corrected chi connectivity index (χ0v) is 26.8. The van der Waals surface area contributed by atoms with Crippen molar-refractivity contribution in [2.45, 2.75) is 84.5 Å². The summed E-state index contributed by atoms with van der Waals surface area (Å²) in [7, 11) is 3.35. The van der Waals surface area contributed by atoms with Crippen LogP contribution in [0.2, 0.25) is 0 Å². The van der Waals surface area contributed by atoms with Crippen molar-refractivity contribution >= 4 is 16.8 Å². The number of phenols is 2. The molecule has 3 aromatic carbocycles. The van der Waals surface area contributed by atoms with Gasteiger partial charge in [-0.25, -0.2) is 0 Å². The van der Waals surface area contributed by atoms with E-state index in [1.165, 1.54) is 36.1 Å². The zero-order chi connectivity index (χ0) is 31.5. The van der Waals surface area contributed by atoms with Gasteiger partial charge in [0, 0.05) is 24.5 Å². The molecule has 1 aromatic heterocycles. The van der Waals surface area contributed by atoms with Crippen molar-refractivity contribution in [3.63, 3.8) is 0 Å². The van der Waals surface area contributed by atoms with E-state index in [2.05, 4.69) is 41.1 Å². The SMILES string of the molecule is COc1ccc2cc3[n+](cc2c1OC)CCc1cc2c(cc1-3)OC(CCCCCCCC/C=C/c1cc(O)c(C)c(C)c1O)O2. The molecule has 7 nitrogen and oxygen atoms in total. The molecule has 2 aliphatic heterocycles. The van der Waals surface area contributed by atoms with Crippen LogP contribution in [0.5, 0.6) is 34.5 Å². The van der Waals surface area contributed by atoms with Gasteiger partial charge in [-0.05, 0) is 85.5 Å². The zero-order valence-electron chi connectivity index (χ0n) is 26.8. The highest BCUT2D eigenvalue weighted by Gasteiger charge is 2.31. The van der Waals surface area contributed by atoms with Gasteiger partial charge in [0.25, 0.3) is 0 Å². The highest BCUT2D eigenvalue weighted by molar-refractivity contribution is 5.91. The lowest BCUT2D eigenvalue weighted by molar-refractivity contribution is -0.686. The molecule has 0 saturated carbocycles. The number of phenolic OH excluding ortho intramolecular Hbond substituents is 2. The standard InChI is InChI=1S/C38H43NO6/c1-24-25(2)37(41)28(20-32(24)40)13-11-9-7-5-6-8-10-12-14-36-44-34-21-27-17-18-39-23-30-26(15-16-33(42-3)38(30)43-4)19-31(39)29(27)22-35(34)45-36/h11,13,15-16,19-23,36H,5-10,12,14,17-18H2,1-4H3,(H-,40,41)/p+1/b13-11+. The van der Waals surface area contributed by atoms with E-state index >= 15 is 0 Å². The molecule has 3 heterocycles. The number of benzene rings is 3. The summed E-state index contributed by atoms with van der Waals surface area (Å²) in [6.45, 7) is 4.53. The van der Waals surface area contributed by atoms with Gasteiger partial charge >= 0.3 is 0 Å². The molecule has 236 valence electrons. The maximum Gasteiger partial charge on any atom is 0.241 e. The number of aromatic hydroxyl groups is 2. The molecule has 7 heteroatoms. The Balaban J connectivity index is 0.965. The third-order valence-electron chi connectivity index (χ3n) is 9.31. The van der Waals surface area contributed by atoms with Gasteiger partial charge in [0.15, 0.2) is 35.7 Å². The van der Waals surface area contributed by atoms with E-state index in [0.717, 1.165) is 90.0 Å². The average molecular weight is 611 g/mol. The first-order valence-electron chi connectivity index (χ1n) is 16.2. The van der Waals surface area contributed by atoms with Crippen LogP contribution >= 0.6 is 0 Å². The van der Waals surface area contributed by atoms with Gasteiger partial charge in [-0.3, -0.25) is 0 Å². The van der Waals surface area contributed by atoms with Gasteiger partial charge in [0.2, 0.25) is 12.0 Å². The van der Waals surface area contributed by atoms with E-state index in [4.69, 9.17) is 18.9 Å². The highest BCUT2D eigenvalue weighted by Crippen LogP contribution is 2.43. The predicted molar refractivity (Wildman–Crippen MR) is 177 cm³/mol. The largest absolute Gasteiger partial charge is 0.508 e. The molecule has 0 saturated heterocycles. The van der Waals surface area contributed by atoms with Gasteiger partial charge < -0.3 is 29.2 Å². The van der Waals surface area contributed by atoms with E-state index in [9.17, 15) is 10.2 Å². The van der Waals surface area contributed by atoms with Crippen LogP contribution < -0.4 is 23.5 Å². The van der Waals surface area contributed by atoms with Crippen LogP contribution in [0.3, 0.4) is 0 Å². The number of rotatable bonds is 12. The summed E-state index contributed by atoms with van der Waals surface area (Å²) in [5, 5.41) is 22.5. The molecule has 1 unspecified atom stereocenters. The monoisotopic (exact) mass is 610 g/mol. The molecule has 2 N–H and O–H groups in total. The first-order chi connectivity index (χ1) is 21.9. The number of hydrogen-bond donors (Lipinski definition) is 2. The fourth-order valence-electron chi connectivity index (χ4n) is 6.52. The lowest BCUT2D eigenvalue weighted by atomic mass is 9.95. The van der Waals surface area contributed by atoms with Crippen molar-refractivity contribution in [1.82, 2.24) is 0 Å². The Bertz CT molecular complexity index is 1740. The van der Waals surface area contributed by atoms with Crippen molar-refractivity contribution in [1.29, 1.82) is 0 Å². The summed E-state index contributed by atoms with van der Waals surface area (Å²) in [6.07, 6.45) is 15.6. The minimum atomic E-state index is -0.226.